The summed E-state index contributed by atoms with van der Waals surface area (Å²) in [7, 11) is 0. The van der Waals surface area contributed by atoms with E-state index >= 15 is 0 Å². The number of ether oxygens (including phenoxy) is 1. The lowest BCUT2D eigenvalue weighted by Crippen LogP contribution is -2.35. The van der Waals surface area contributed by atoms with Gasteiger partial charge in [0, 0.05) is 24.4 Å². The molecule has 0 aliphatic carbocycles. The number of thiophene rings is 1. The van der Waals surface area contributed by atoms with E-state index in [1.807, 2.05) is 47.8 Å². The van der Waals surface area contributed by atoms with E-state index in [0.29, 0.717) is 39.0 Å². The van der Waals surface area contributed by atoms with Crippen molar-refractivity contribution in [2.24, 2.45) is 0 Å². The maximum Gasteiger partial charge on any atom is 0.225 e. The fourth-order valence-electron chi connectivity index (χ4n) is 2.07. The molecule has 0 saturated carbocycles. The molecule has 0 saturated heterocycles. The summed E-state index contributed by atoms with van der Waals surface area (Å²) in [5.74, 6) is 0.758. The molecule has 0 bridgehead atoms. The molecular formula is C18H22N2O3S. The number of rotatable bonds is 10. The van der Waals surface area contributed by atoms with Gasteiger partial charge in [-0.05, 0) is 30.0 Å². The summed E-state index contributed by atoms with van der Waals surface area (Å²) in [6.07, 6.45) is 1.46. The molecular weight excluding hydrogens is 324 g/mol. The first kappa shape index (κ1) is 18.0. The number of benzene rings is 1. The Hall–Kier alpha value is -2.34. The lowest BCUT2D eigenvalue weighted by molar-refractivity contribution is -0.122. The Morgan fingerprint density at radius 2 is 1.71 bits per heavy atom. The third-order valence-electron chi connectivity index (χ3n) is 3.24. The van der Waals surface area contributed by atoms with Crippen molar-refractivity contribution >= 4 is 23.2 Å². The minimum atomic E-state index is -0.0285. The second kappa shape index (κ2) is 10.4. The van der Waals surface area contributed by atoms with Gasteiger partial charge in [0.2, 0.25) is 11.8 Å². The first-order chi connectivity index (χ1) is 11.7. The molecule has 1 aromatic carbocycles. The van der Waals surface area contributed by atoms with Gasteiger partial charge >= 0.3 is 0 Å². The molecule has 0 aliphatic heterocycles. The maximum atomic E-state index is 11.7. The Balaban J connectivity index is 1.47. The number of amides is 2. The lowest BCUT2D eigenvalue weighted by atomic mass is 10.3. The summed E-state index contributed by atoms with van der Waals surface area (Å²) >= 11 is 1.56. The van der Waals surface area contributed by atoms with E-state index in [1.165, 1.54) is 0 Å². The van der Waals surface area contributed by atoms with E-state index in [1.54, 1.807) is 11.3 Å². The molecule has 2 aromatic rings. The minimum absolute atomic E-state index is 0.0250. The minimum Gasteiger partial charge on any atom is -0.494 e. The zero-order chi connectivity index (χ0) is 17.0. The second-order valence-electron chi connectivity index (χ2n) is 5.22. The third-order valence-corrected chi connectivity index (χ3v) is 4.12. The van der Waals surface area contributed by atoms with Crippen molar-refractivity contribution in [2.45, 2.75) is 19.3 Å². The van der Waals surface area contributed by atoms with Crippen LogP contribution in [0.25, 0.3) is 0 Å². The number of carbonyl (C=O) groups excluding carboxylic acids is 2. The molecule has 6 heteroatoms. The van der Waals surface area contributed by atoms with Crippen molar-refractivity contribution in [2.75, 3.05) is 19.7 Å². The van der Waals surface area contributed by atoms with Crippen LogP contribution in [-0.2, 0) is 16.0 Å². The van der Waals surface area contributed by atoms with Gasteiger partial charge in [-0.1, -0.05) is 24.3 Å². The second-order valence-corrected chi connectivity index (χ2v) is 6.25. The first-order valence-electron chi connectivity index (χ1n) is 7.97. The first-order valence-corrected chi connectivity index (χ1v) is 8.85. The molecule has 0 unspecified atom stereocenters. The van der Waals surface area contributed by atoms with Gasteiger partial charge in [0.25, 0.3) is 0 Å². The van der Waals surface area contributed by atoms with Crippen molar-refractivity contribution in [1.29, 1.82) is 0 Å². The highest BCUT2D eigenvalue weighted by atomic mass is 32.1. The van der Waals surface area contributed by atoms with Gasteiger partial charge in [-0.3, -0.25) is 9.59 Å². The highest BCUT2D eigenvalue weighted by Crippen LogP contribution is 2.09. The van der Waals surface area contributed by atoms with Gasteiger partial charge in [-0.15, -0.1) is 11.3 Å². The lowest BCUT2D eigenvalue weighted by Gasteiger charge is -2.08. The van der Waals surface area contributed by atoms with Crippen LogP contribution in [0.4, 0.5) is 0 Å². The van der Waals surface area contributed by atoms with Gasteiger partial charge in [-0.2, -0.15) is 0 Å². The topological polar surface area (TPSA) is 67.4 Å². The van der Waals surface area contributed by atoms with Gasteiger partial charge in [0.1, 0.15) is 5.75 Å². The number of carbonyl (C=O) groups is 2. The Kier molecular flexibility index (Phi) is 7.83. The largest absolute Gasteiger partial charge is 0.494 e. The standard InChI is InChI=1S/C18H22N2O3S/c21-17(9-4-12-23-15-6-2-1-3-7-15)19-10-11-20-18(22)14-16-8-5-13-24-16/h1-3,5-8,13H,4,9-12,14H2,(H,19,21)(H,20,22). The number of hydrogen-bond acceptors (Lipinski definition) is 4. The molecule has 2 rings (SSSR count). The van der Waals surface area contributed by atoms with E-state index in [2.05, 4.69) is 10.6 Å². The van der Waals surface area contributed by atoms with Gasteiger partial charge < -0.3 is 15.4 Å². The highest BCUT2D eigenvalue weighted by Gasteiger charge is 2.04. The summed E-state index contributed by atoms with van der Waals surface area (Å²) in [5.41, 5.74) is 0. The Morgan fingerprint density at radius 1 is 0.958 bits per heavy atom. The van der Waals surface area contributed by atoms with Crippen molar-refractivity contribution in [3.05, 3.63) is 52.7 Å². The van der Waals surface area contributed by atoms with Crippen LogP contribution in [0.3, 0.4) is 0 Å². The van der Waals surface area contributed by atoms with Crippen LogP contribution in [0.2, 0.25) is 0 Å². The Bertz CT molecular complexity index is 614. The van der Waals surface area contributed by atoms with E-state index < -0.39 is 0 Å². The van der Waals surface area contributed by atoms with Crippen LogP contribution in [0, 0.1) is 0 Å². The molecule has 24 heavy (non-hydrogen) atoms. The van der Waals surface area contributed by atoms with Crippen LogP contribution >= 0.6 is 11.3 Å². The van der Waals surface area contributed by atoms with E-state index in [9.17, 15) is 9.59 Å². The van der Waals surface area contributed by atoms with Crippen molar-refractivity contribution in [1.82, 2.24) is 10.6 Å². The van der Waals surface area contributed by atoms with Crippen molar-refractivity contribution < 1.29 is 14.3 Å². The molecule has 5 nitrogen and oxygen atoms in total. The van der Waals surface area contributed by atoms with E-state index in [-0.39, 0.29) is 11.8 Å². The average molecular weight is 346 g/mol. The number of hydrogen-bond donors (Lipinski definition) is 2. The van der Waals surface area contributed by atoms with Crippen LogP contribution in [0.1, 0.15) is 17.7 Å². The van der Waals surface area contributed by atoms with E-state index in [4.69, 9.17) is 4.74 Å². The van der Waals surface area contributed by atoms with Crippen molar-refractivity contribution in [3.8, 4) is 5.75 Å². The van der Waals surface area contributed by atoms with Crippen LogP contribution in [0.5, 0.6) is 5.75 Å². The highest BCUT2D eigenvalue weighted by molar-refractivity contribution is 7.10. The predicted octanol–water partition coefficient (Wildman–Crippen LogP) is 2.38. The normalized spacial score (nSPS) is 10.2. The molecule has 0 fully saturated rings. The Labute approximate surface area is 146 Å². The quantitative estimate of drug-likeness (QED) is 0.649. The molecule has 1 aromatic heterocycles. The SMILES string of the molecule is O=C(CCCOc1ccccc1)NCCNC(=O)Cc1cccs1. The average Bonchev–Trinajstić information content (AvgIpc) is 3.09. The maximum absolute atomic E-state index is 11.7. The fraction of sp³-hybridized carbons (Fsp3) is 0.333. The molecule has 1 heterocycles. The third kappa shape index (κ3) is 7.28. The van der Waals surface area contributed by atoms with Gasteiger partial charge in [0.15, 0.2) is 0 Å². The number of para-hydroxylation sites is 1. The molecule has 0 radical (unpaired) electrons. The zero-order valence-corrected chi connectivity index (χ0v) is 14.3. The van der Waals surface area contributed by atoms with Crippen molar-refractivity contribution in [3.63, 3.8) is 0 Å². The number of nitrogens with one attached hydrogen (secondary N) is 2. The van der Waals surface area contributed by atoms with Crippen LogP contribution < -0.4 is 15.4 Å². The fourth-order valence-corrected chi connectivity index (χ4v) is 2.77. The summed E-state index contributed by atoms with van der Waals surface area (Å²) in [4.78, 5) is 24.4. The van der Waals surface area contributed by atoms with Crippen LogP contribution in [0.15, 0.2) is 47.8 Å². The molecule has 2 amide bonds. The molecule has 0 aliphatic rings. The Morgan fingerprint density at radius 3 is 2.42 bits per heavy atom. The summed E-state index contributed by atoms with van der Waals surface area (Å²) in [6, 6.07) is 13.4. The van der Waals surface area contributed by atoms with E-state index in [0.717, 1.165) is 10.6 Å². The smallest absolute Gasteiger partial charge is 0.225 e. The summed E-state index contributed by atoms with van der Waals surface area (Å²) in [5, 5.41) is 7.53. The van der Waals surface area contributed by atoms with Gasteiger partial charge in [0.05, 0.1) is 13.0 Å². The predicted molar refractivity (Wildman–Crippen MR) is 95.2 cm³/mol. The zero-order valence-electron chi connectivity index (χ0n) is 13.5. The molecule has 128 valence electrons. The molecule has 2 N–H and O–H groups in total. The summed E-state index contributed by atoms with van der Waals surface area (Å²) in [6.45, 7) is 1.39. The molecule has 0 atom stereocenters. The molecule has 0 spiro atoms. The monoisotopic (exact) mass is 346 g/mol. The van der Waals surface area contributed by atoms with Gasteiger partial charge in [-0.25, -0.2) is 0 Å². The summed E-state index contributed by atoms with van der Waals surface area (Å²) < 4.78 is 5.53. The van der Waals surface area contributed by atoms with Crippen LogP contribution in [-0.4, -0.2) is 31.5 Å².